The van der Waals surface area contributed by atoms with Crippen molar-refractivity contribution < 1.29 is 9.53 Å². The topological polar surface area (TPSA) is 53.6 Å². The van der Waals surface area contributed by atoms with Crippen LogP contribution in [0.4, 0.5) is 0 Å². The fourth-order valence-electron chi connectivity index (χ4n) is 0.932. The highest BCUT2D eigenvalue weighted by Gasteiger charge is 2.05. The summed E-state index contributed by atoms with van der Waals surface area (Å²) >= 11 is 0. The van der Waals surface area contributed by atoms with Crippen LogP contribution in [0.5, 0.6) is 0 Å². The van der Waals surface area contributed by atoms with Crippen LogP contribution in [0.15, 0.2) is 0 Å². The molecule has 5 heteroatoms. The third kappa shape index (κ3) is 8.35. The molecule has 0 aliphatic heterocycles. The van der Waals surface area contributed by atoms with E-state index in [0.29, 0.717) is 25.7 Å². The Morgan fingerprint density at radius 2 is 2.13 bits per heavy atom. The lowest BCUT2D eigenvalue weighted by Gasteiger charge is -2.19. The van der Waals surface area contributed by atoms with Crippen molar-refractivity contribution in [2.45, 2.75) is 13.0 Å². The Hall–Kier alpha value is -0.650. The smallest absolute Gasteiger partial charge is 0.234 e. The molecule has 0 rings (SSSR count). The number of likely N-dealkylation sites (N-methyl/N-ethyl adjacent to an activating group) is 1. The van der Waals surface area contributed by atoms with Gasteiger partial charge in [0.15, 0.2) is 0 Å². The van der Waals surface area contributed by atoms with Crippen LogP contribution in [0.25, 0.3) is 0 Å². The molecule has 1 atom stereocenters. The maximum atomic E-state index is 11.2. The second kappa shape index (κ2) is 8.64. The van der Waals surface area contributed by atoms with Crippen LogP contribution in [0, 0.1) is 0 Å². The van der Waals surface area contributed by atoms with E-state index in [0.717, 1.165) is 6.54 Å². The first-order valence-electron chi connectivity index (χ1n) is 5.20. The molecule has 0 heterocycles. The summed E-state index contributed by atoms with van der Waals surface area (Å²) in [7, 11) is 5.65. The Labute approximate surface area is 92.2 Å². The van der Waals surface area contributed by atoms with Gasteiger partial charge >= 0.3 is 0 Å². The third-order valence-electron chi connectivity index (χ3n) is 2.24. The standard InChI is InChI=1S/C10H23N3O2/c1-9(13(2)3)7-11-8-10(14)12-5-6-15-4/h9,11H,5-8H2,1-4H3,(H,12,14). The molecule has 0 saturated heterocycles. The second-order valence-electron chi connectivity index (χ2n) is 3.79. The fraction of sp³-hybridized carbons (Fsp3) is 0.900. The van der Waals surface area contributed by atoms with Crippen LogP contribution in [0.3, 0.4) is 0 Å². The normalized spacial score (nSPS) is 12.9. The van der Waals surface area contributed by atoms with E-state index in [2.05, 4.69) is 22.5 Å². The molecule has 0 fully saturated rings. The van der Waals surface area contributed by atoms with Gasteiger partial charge in [-0.15, -0.1) is 0 Å². The summed E-state index contributed by atoms with van der Waals surface area (Å²) in [5.74, 6) is 0.0120. The SMILES string of the molecule is COCCNC(=O)CNCC(C)N(C)C. The fourth-order valence-corrected chi connectivity index (χ4v) is 0.932. The van der Waals surface area contributed by atoms with Crippen LogP contribution in [-0.2, 0) is 9.53 Å². The quantitative estimate of drug-likeness (QED) is 0.527. The number of methoxy groups -OCH3 is 1. The summed E-state index contributed by atoms with van der Waals surface area (Å²) in [5.41, 5.74) is 0. The number of nitrogens with zero attached hydrogens (tertiary/aromatic N) is 1. The van der Waals surface area contributed by atoms with Gasteiger partial charge in [0.2, 0.25) is 5.91 Å². The zero-order valence-corrected chi connectivity index (χ0v) is 10.2. The van der Waals surface area contributed by atoms with E-state index in [1.807, 2.05) is 14.1 Å². The van der Waals surface area contributed by atoms with E-state index in [1.165, 1.54) is 0 Å². The van der Waals surface area contributed by atoms with Gasteiger partial charge in [-0.25, -0.2) is 0 Å². The molecule has 0 aliphatic carbocycles. The predicted molar refractivity (Wildman–Crippen MR) is 60.9 cm³/mol. The monoisotopic (exact) mass is 217 g/mol. The van der Waals surface area contributed by atoms with E-state index in [-0.39, 0.29) is 5.91 Å². The second-order valence-corrected chi connectivity index (χ2v) is 3.79. The van der Waals surface area contributed by atoms with Gasteiger partial charge in [0, 0.05) is 26.2 Å². The van der Waals surface area contributed by atoms with Crippen LogP contribution >= 0.6 is 0 Å². The first-order chi connectivity index (χ1) is 7.07. The van der Waals surface area contributed by atoms with Crippen LogP contribution < -0.4 is 10.6 Å². The summed E-state index contributed by atoms with van der Waals surface area (Å²) in [6.45, 7) is 4.41. The molecule has 90 valence electrons. The number of hydrogen-bond donors (Lipinski definition) is 2. The summed E-state index contributed by atoms with van der Waals surface area (Å²) < 4.78 is 4.82. The zero-order valence-electron chi connectivity index (χ0n) is 10.2. The van der Waals surface area contributed by atoms with E-state index in [1.54, 1.807) is 7.11 Å². The van der Waals surface area contributed by atoms with E-state index in [9.17, 15) is 4.79 Å². The molecule has 0 bridgehead atoms. The number of ether oxygens (including phenoxy) is 1. The minimum atomic E-state index is 0.0120. The molecule has 15 heavy (non-hydrogen) atoms. The lowest BCUT2D eigenvalue weighted by molar-refractivity contribution is -0.120. The highest BCUT2D eigenvalue weighted by atomic mass is 16.5. The lowest BCUT2D eigenvalue weighted by atomic mass is 10.3. The molecule has 1 unspecified atom stereocenters. The highest BCUT2D eigenvalue weighted by Crippen LogP contribution is 1.87. The van der Waals surface area contributed by atoms with E-state index in [4.69, 9.17) is 4.74 Å². The minimum absolute atomic E-state index is 0.0120. The van der Waals surface area contributed by atoms with Crippen molar-refractivity contribution in [3.63, 3.8) is 0 Å². The average Bonchev–Trinajstić information content (AvgIpc) is 2.18. The molecule has 0 aromatic carbocycles. The van der Waals surface area contributed by atoms with Gasteiger partial charge in [0.25, 0.3) is 0 Å². The van der Waals surface area contributed by atoms with Crippen molar-refractivity contribution in [2.75, 3.05) is 47.4 Å². The number of nitrogens with one attached hydrogen (secondary N) is 2. The summed E-state index contributed by atoms with van der Waals surface area (Å²) in [6, 6.07) is 0.428. The van der Waals surface area contributed by atoms with Crippen LogP contribution in [0.1, 0.15) is 6.92 Å². The Balaban J connectivity index is 3.38. The first kappa shape index (κ1) is 14.3. The van der Waals surface area contributed by atoms with Crippen molar-refractivity contribution in [1.82, 2.24) is 15.5 Å². The van der Waals surface area contributed by atoms with Crippen molar-refractivity contribution in [3.8, 4) is 0 Å². The van der Waals surface area contributed by atoms with E-state index >= 15 is 0 Å². The van der Waals surface area contributed by atoms with Gasteiger partial charge in [-0.05, 0) is 21.0 Å². The van der Waals surface area contributed by atoms with Crippen LogP contribution in [0.2, 0.25) is 0 Å². The zero-order chi connectivity index (χ0) is 11.7. The first-order valence-corrected chi connectivity index (χ1v) is 5.20. The summed E-state index contributed by atoms with van der Waals surface area (Å²) in [4.78, 5) is 13.3. The van der Waals surface area contributed by atoms with Gasteiger partial charge in [-0.3, -0.25) is 4.79 Å². The van der Waals surface area contributed by atoms with Crippen molar-refractivity contribution in [3.05, 3.63) is 0 Å². The molecule has 1 amide bonds. The molecule has 0 aromatic rings. The van der Waals surface area contributed by atoms with Gasteiger partial charge in [-0.2, -0.15) is 0 Å². The van der Waals surface area contributed by atoms with Gasteiger partial charge in [0.1, 0.15) is 0 Å². The third-order valence-corrected chi connectivity index (χ3v) is 2.24. The van der Waals surface area contributed by atoms with Gasteiger partial charge < -0.3 is 20.3 Å². The molecule has 0 aromatic heterocycles. The molecular formula is C10H23N3O2. The molecule has 2 N–H and O–H groups in total. The Morgan fingerprint density at radius 3 is 2.67 bits per heavy atom. The number of rotatable bonds is 8. The molecule has 0 saturated carbocycles. The molecular weight excluding hydrogens is 194 g/mol. The maximum Gasteiger partial charge on any atom is 0.234 e. The van der Waals surface area contributed by atoms with Gasteiger partial charge in [0.05, 0.1) is 13.2 Å². The highest BCUT2D eigenvalue weighted by molar-refractivity contribution is 5.77. The van der Waals surface area contributed by atoms with E-state index < -0.39 is 0 Å². The summed E-state index contributed by atoms with van der Waals surface area (Å²) in [5, 5.41) is 5.85. The van der Waals surface area contributed by atoms with Crippen molar-refractivity contribution in [1.29, 1.82) is 0 Å². The average molecular weight is 217 g/mol. The Bertz CT molecular complexity index is 174. The predicted octanol–water partition coefficient (Wildman–Crippen LogP) is -0.711. The van der Waals surface area contributed by atoms with Gasteiger partial charge in [-0.1, -0.05) is 0 Å². The Kier molecular flexibility index (Phi) is 8.27. The minimum Gasteiger partial charge on any atom is -0.383 e. The maximum absolute atomic E-state index is 11.2. The number of amides is 1. The van der Waals surface area contributed by atoms with Crippen molar-refractivity contribution >= 4 is 5.91 Å². The molecule has 0 aliphatic rings. The number of carbonyl (C=O) groups is 1. The molecule has 0 spiro atoms. The van der Waals surface area contributed by atoms with Crippen molar-refractivity contribution in [2.24, 2.45) is 0 Å². The number of carbonyl (C=O) groups excluding carboxylic acids is 1. The lowest BCUT2D eigenvalue weighted by Crippen LogP contribution is -2.41. The van der Waals surface area contributed by atoms with Crippen LogP contribution in [-0.4, -0.2) is 64.3 Å². The largest absolute Gasteiger partial charge is 0.383 e. The molecule has 5 nitrogen and oxygen atoms in total. The number of hydrogen-bond acceptors (Lipinski definition) is 4. The molecule has 0 radical (unpaired) electrons. The summed E-state index contributed by atoms with van der Waals surface area (Å²) in [6.07, 6.45) is 0. The Morgan fingerprint density at radius 1 is 1.47 bits per heavy atom.